The zero-order valence-corrected chi connectivity index (χ0v) is 11.5. The second-order valence-electron chi connectivity index (χ2n) is 4.30. The van der Waals surface area contributed by atoms with Crippen LogP contribution < -0.4 is 0 Å². The molecule has 0 aromatic carbocycles. The molecule has 0 aromatic rings. The van der Waals surface area contributed by atoms with Crippen molar-refractivity contribution in [2.24, 2.45) is 0 Å². The van der Waals surface area contributed by atoms with E-state index in [-0.39, 0.29) is 12.2 Å². The number of carbonyl (C=O) groups is 3. The highest BCUT2D eigenvalue weighted by Crippen LogP contribution is 2.30. The van der Waals surface area contributed by atoms with E-state index in [1.54, 1.807) is 27.7 Å². The molecule has 1 fully saturated rings. The summed E-state index contributed by atoms with van der Waals surface area (Å²) in [7, 11) is 0. The van der Waals surface area contributed by atoms with Gasteiger partial charge in [-0.1, -0.05) is 0 Å². The lowest BCUT2D eigenvalue weighted by atomic mass is 10.2. The first-order valence-electron chi connectivity index (χ1n) is 5.59. The molecule has 102 valence electrons. The van der Waals surface area contributed by atoms with Gasteiger partial charge in [-0.2, -0.15) is 0 Å². The number of esters is 2. The molecule has 0 radical (unpaired) electrons. The van der Waals surface area contributed by atoms with Crippen LogP contribution in [0, 0.1) is 0 Å². The molecule has 1 aliphatic heterocycles. The fourth-order valence-electron chi connectivity index (χ4n) is 1.30. The molecular weight excluding hydrogens is 260 g/mol. The number of hydrogen-bond donors (Lipinski definition) is 0. The smallest absolute Gasteiger partial charge is 0.369 e. The molecule has 0 N–H and O–H groups in total. The molecule has 1 aliphatic rings. The van der Waals surface area contributed by atoms with Gasteiger partial charge in [0.2, 0.25) is 6.10 Å². The molecule has 2 unspecified atom stereocenters. The molecule has 1 rings (SSSR count). The Hall–Kier alpha value is -1.24. The first-order chi connectivity index (χ1) is 8.31. The molecule has 1 saturated heterocycles. The van der Waals surface area contributed by atoms with Crippen molar-refractivity contribution in [2.75, 3.05) is 0 Å². The van der Waals surface area contributed by atoms with E-state index in [2.05, 4.69) is 0 Å². The van der Waals surface area contributed by atoms with Crippen LogP contribution in [0.25, 0.3) is 0 Å². The van der Waals surface area contributed by atoms with Crippen molar-refractivity contribution in [3.05, 3.63) is 0 Å². The van der Waals surface area contributed by atoms with Crippen molar-refractivity contribution in [3.8, 4) is 0 Å². The van der Waals surface area contributed by atoms with Gasteiger partial charge in [-0.15, -0.1) is 0 Å². The Balaban J connectivity index is 2.72. The lowest BCUT2D eigenvalue weighted by Crippen LogP contribution is -2.39. The number of carbonyl (C=O) groups excluding carboxylic acids is 3. The molecule has 0 aliphatic carbocycles. The number of ether oxygens (including phenoxy) is 3. The molecule has 0 spiro atoms. The summed E-state index contributed by atoms with van der Waals surface area (Å²) in [6.45, 7) is 6.70. The Labute approximate surface area is 109 Å². The maximum absolute atomic E-state index is 11.7. The van der Waals surface area contributed by atoms with E-state index < -0.39 is 28.6 Å². The highest BCUT2D eigenvalue weighted by atomic mass is 32.2. The van der Waals surface area contributed by atoms with E-state index >= 15 is 0 Å². The maximum Gasteiger partial charge on any atom is 0.369 e. The summed E-state index contributed by atoms with van der Waals surface area (Å²) < 4.78 is 14.7. The third-order valence-electron chi connectivity index (χ3n) is 1.89. The first kappa shape index (κ1) is 14.8. The molecule has 1 heterocycles. The zero-order chi connectivity index (χ0) is 13.9. The Bertz CT molecular complexity index is 319. The predicted octanol–water partition coefficient (Wildman–Crippen LogP) is 1.51. The fraction of sp³-hybridized carbons (Fsp3) is 0.727. The largest absolute Gasteiger partial charge is 0.462 e. The molecule has 6 nitrogen and oxygen atoms in total. The van der Waals surface area contributed by atoms with Crippen molar-refractivity contribution in [1.82, 2.24) is 0 Å². The Kier molecular flexibility index (Phi) is 5.01. The highest BCUT2D eigenvalue weighted by Gasteiger charge is 2.47. The topological polar surface area (TPSA) is 78.9 Å². The van der Waals surface area contributed by atoms with E-state index in [1.807, 2.05) is 0 Å². The van der Waals surface area contributed by atoms with Gasteiger partial charge >= 0.3 is 17.2 Å². The summed E-state index contributed by atoms with van der Waals surface area (Å²) in [5, 5.41) is -1.67. The summed E-state index contributed by atoms with van der Waals surface area (Å²) in [5.74, 6) is -1.37. The molecular formula is C11H16O6S. The molecule has 0 bridgehead atoms. The summed E-state index contributed by atoms with van der Waals surface area (Å²) >= 11 is 0.643. The predicted molar refractivity (Wildman–Crippen MR) is 64.1 cm³/mol. The molecule has 0 amide bonds. The highest BCUT2D eigenvalue weighted by molar-refractivity contribution is 8.14. The average Bonchev–Trinajstić information content (AvgIpc) is 2.58. The first-order valence-corrected chi connectivity index (χ1v) is 6.47. The minimum Gasteiger partial charge on any atom is -0.462 e. The molecule has 0 aromatic heterocycles. The summed E-state index contributed by atoms with van der Waals surface area (Å²) in [6.07, 6.45) is -1.89. The fourth-order valence-corrected chi connectivity index (χ4v) is 2.11. The third-order valence-corrected chi connectivity index (χ3v) is 2.87. The lowest BCUT2D eigenvalue weighted by Gasteiger charge is -2.17. The van der Waals surface area contributed by atoms with Gasteiger partial charge in [-0.05, 0) is 39.5 Å². The van der Waals surface area contributed by atoms with E-state index in [4.69, 9.17) is 14.2 Å². The van der Waals surface area contributed by atoms with Gasteiger partial charge in [0.25, 0.3) is 0 Å². The van der Waals surface area contributed by atoms with E-state index in [0.717, 1.165) is 0 Å². The number of cyclic esters (lactones) is 1. The van der Waals surface area contributed by atoms with Crippen LogP contribution in [-0.2, 0) is 23.8 Å². The monoisotopic (exact) mass is 276 g/mol. The van der Waals surface area contributed by atoms with E-state index in [1.165, 1.54) is 0 Å². The van der Waals surface area contributed by atoms with Crippen LogP contribution in [0.4, 0.5) is 4.79 Å². The van der Waals surface area contributed by atoms with Crippen molar-refractivity contribution < 1.29 is 28.6 Å². The van der Waals surface area contributed by atoms with Gasteiger partial charge in [-0.25, -0.2) is 9.59 Å². The van der Waals surface area contributed by atoms with Crippen molar-refractivity contribution in [3.63, 3.8) is 0 Å². The Morgan fingerprint density at radius 3 is 2.11 bits per heavy atom. The van der Waals surface area contributed by atoms with Crippen LogP contribution in [0.3, 0.4) is 0 Å². The van der Waals surface area contributed by atoms with Gasteiger partial charge < -0.3 is 14.2 Å². The number of thioether (sulfide) groups is 1. The molecule has 7 heteroatoms. The molecule has 2 atom stereocenters. The lowest BCUT2D eigenvalue weighted by molar-refractivity contribution is -0.162. The Morgan fingerprint density at radius 2 is 1.61 bits per heavy atom. The number of rotatable bonds is 4. The summed E-state index contributed by atoms with van der Waals surface area (Å²) in [4.78, 5) is 34.6. The van der Waals surface area contributed by atoms with Gasteiger partial charge in [0, 0.05) is 0 Å². The quantitative estimate of drug-likeness (QED) is 0.568. The van der Waals surface area contributed by atoms with Gasteiger partial charge in [-0.3, -0.25) is 4.79 Å². The summed E-state index contributed by atoms with van der Waals surface area (Å²) in [5.41, 5.74) is 0. The molecule has 0 saturated carbocycles. The Morgan fingerprint density at radius 1 is 1.11 bits per heavy atom. The maximum atomic E-state index is 11.7. The van der Waals surface area contributed by atoms with Gasteiger partial charge in [0.15, 0.2) is 5.25 Å². The van der Waals surface area contributed by atoms with Crippen LogP contribution in [0.2, 0.25) is 0 Å². The van der Waals surface area contributed by atoms with Crippen LogP contribution in [0.15, 0.2) is 0 Å². The standard InChI is InChI=1S/C11H16O6S/c1-5(2)15-9(12)7-8(18-11(14)17-7)10(13)16-6(3)4/h5-8H,1-4H3. The van der Waals surface area contributed by atoms with Crippen LogP contribution >= 0.6 is 11.8 Å². The average molecular weight is 276 g/mol. The minimum absolute atomic E-state index is 0.324. The minimum atomic E-state index is -1.23. The van der Waals surface area contributed by atoms with Crippen molar-refractivity contribution in [2.45, 2.75) is 51.3 Å². The van der Waals surface area contributed by atoms with Crippen LogP contribution in [0.1, 0.15) is 27.7 Å². The van der Waals surface area contributed by atoms with E-state index in [9.17, 15) is 14.4 Å². The normalized spacial score (nSPS) is 23.1. The SMILES string of the molecule is CC(C)OC(=O)C1OC(=O)SC1C(=O)OC(C)C. The molecule has 18 heavy (non-hydrogen) atoms. The second kappa shape index (κ2) is 6.08. The van der Waals surface area contributed by atoms with Crippen molar-refractivity contribution >= 4 is 29.0 Å². The van der Waals surface area contributed by atoms with Crippen molar-refractivity contribution in [1.29, 1.82) is 0 Å². The van der Waals surface area contributed by atoms with Gasteiger partial charge in [0.05, 0.1) is 12.2 Å². The van der Waals surface area contributed by atoms with Crippen LogP contribution in [0.5, 0.6) is 0 Å². The van der Waals surface area contributed by atoms with Gasteiger partial charge in [0.1, 0.15) is 0 Å². The zero-order valence-electron chi connectivity index (χ0n) is 10.7. The third kappa shape index (κ3) is 3.90. The summed E-state index contributed by atoms with van der Waals surface area (Å²) in [6, 6.07) is 0. The second-order valence-corrected chi connectivity index (χ2v) is 5.38. The number of hydrogen-bond acceptors (Lipinski definition) is 7. The van der Waals surface area contributed by atoms with E-state index in [0.29, 0.717) is 11.8 Å². The van der Waals surface area contributed by atoms with Crippen LogP contribution in [-0.4, -0.2) is 40.8 Å².